The minimum atomic E-state index is 0.807. The smallest absolute Gasteiger partial charge is 0.0591 e. The van der Waals surface area contributed by atoms with Crippen LogP contribution < -0.4 is 5.32 Å². The van der Waals surface area contributed by atoms with Crippen LogP contribution in [0.1, 0.15) is 46.7 Å². The molecule has 0 aliphatic heterocycles. The van der Waals surface area contributed by atoms with E-state index in [1.165, 1.54) is 39.8 Å². The Kier molecular flexibility index (Phi) is 7.25. The molecule has 0 aromatic heterocycles. The first-order chi connectivity index (χ1) is 9.50. The third kappa shape index (κ3) is 4.32. The largest absolute Gasteiger partial charge is 0.380 e. The highest BCUT2D eigenvalue weighted by Crippen LogP contribution is 2.26. The van der Waals surface area contributed by atoms with Crippen molar-refractivity contribution in [2.24, 2.45) is 0 Å². The molecule has 0 radical (unpaired) electrons. The second-order valence-corrected chi connectivity index (χ2v) is 5.72. The van der Waals surface area contributed by atoms with E-state index in [1.54, 1.807) is 0 Å². The molecule has 0 heterocycles. The van der Waals surface area contributed by atoms with Gasteiger partial charge in [0.15, 0.2) is 0 Å². The molecule has 2 nitrogen and oxygen atoms in total. The zero-order chi connectivity index (χ0) is 15.1. The van der Waals surface area contributed by atoms with Crippen LogP contribution in [0.25, 0.3) is 0 Å². The molecule has 114 valence electrons. The summed E-state index contributed by atoms with van der Waals surface area (Å²) in [6.45, 7) is 17.0. The second-order valence-electron chi connectivity index (χ2n) is 5.72. The third-order valence-electron chi connectivity index (χ3n) is 4.50. The predicted octanol–water partition coefficient (Wildman–Crippen LogP) is 3.79. The van der Waals surface area contributed by atoms with Gasteiger partial charge in [-0.05, 0) is 87.4 Å². The lowest BCUT2D eigenvalue weighted by atomic mass is 9.88. The Balaban J connectivity index is 2.52. The highest BCUT2D eigenvalue weighted by molar-refractivity contribution is 5.49. The maximum absolute atomic E-state index is 5.74. The molecular weight excluding hydrogens is 246 g/mol. The van der Waals surface area contributed by atoms with E-state index in [4.69, 9.17) is 4.74 Å². The van der Waals surface area contributed by atoms with E-state index in [1.807, 2.05) is 0 Å². The number of hydrogen-bond acceptors (Lipinski definition) is 2. The molecule has 1 rings (SSSR count). The maximum Gasteiger partial charge on any atom is 0.0591 e. The van der Waals surface area contributed by atoms with Crippen molar-refractivity contribution in [2.45, 2.75) is 54.4 Å². The number of nitrogens with one attached hydrogen (secondary N) is 1. The Morgan fingerprint density at radius 2 is 1.30 bits per heavy atom. The highest BCUT2D eigenvalue weighted by atomic mass is 16.5. The van der Waals surface area contributed by atoms with E-state index in [0.29, 0.717) is 0 Å². The molecule has 1 aromatic carbocycles. The Labute approximate surface area is 124 Å². The second kappa shape index (κ2) is 8.43. The van der Waals surface area contributed by atoms with Crippen molar-refractivity contribution in [3.8, 4) is 0 Å². The molecule has 0 bridgehead atoms. The van der Waals surface area contributed by atoms with Gasteiger partial charge in [-0.2, -0.15) is 0 Å². The number of hydrogen-bond donors (Lipinski definition) is 1. The molecule has 1 N–H and O–H groups in total. The van der Waals surface area contributed by atoms with E-state index >= 15 is 0 Å². The van der Waals surface area contributed by atoms with Crippen LogP contribution in [0.15, 0.2) is 0 Å². The van der Waals surface area contributed by atoms with E-state index in [-0.39, 0.29) is 0 Å². The molecule has 0 unspecified atom stereocenters. The Hall–Kier alpha value is -0.860. The zero-order valence-corrected chi connectivity index (χ0v) is 14.2. The van der Waals surface area contributed by atoms with Gasteiger partial charge >= 0.3 is 0 Å². The minimum absolute atomic E-state index is 0.807. The summed E-state index contributed by atoms with van der Waals surface area (Å²) in [7, 11) is 0. The average Bonchev–Trinajstić information content (AvgIpc) is 2.45. The van der Waals surface area contributed by atoms with Crippen molar-refractivity contribution in [2.75, 3.05) is 26.3 Å². The van der Waals surface area contributed by atoms with Crippen LogP contribution in [0.5, 0.6) is 0 Å². The molecule has 0 saturated heterocycles. The summed E-state index contributed by atoms with van der Waals surface area (Å²) in [5.41, 5.74) is 8.68. The Morgan fingerprint density at radius 3 is 1.85 bits per heavy atom. The van der Waals surface area contributed by atoms with Gasteiger partial charge in [-0.15, -0.1) is 0 Å². The quantitative estimate of drug-likeness (QED) is 0.730. The van der Waals surface area contributed by atoms with Crippen LogP contribution in [0.4, 0.5) is 0 Å². The topological polar surface area (TPSA) is 21.3 Å². The monoisotopic (exact) mass is 277 g/mol. The molecule has 0 saturated carbocycles. The summed E-state index contributed by atoms with van der Waals surface area (Å²) in [5, 5.41) is 3.36. The Morgan fingerprint density at radius 1 is 0.750 bits per heavy atom. The Bertz CT molecular complexity index is 409. The molecule has 1 aromatic rings. The van der Waals surface area contributed by atoms with Crippen molar-refractivity contribution in [1.29, 1.82) is 0 Å². The van der Waals surface area contributed by atoms with Crippen molar-refractivity contribution >= 4 is 0 Å². The zero-order valence-electron chi connectivity index (χ0n) is 14.2. The lowest BCUT2D eigenvalue weighted by Crippen LogP contribution is -2.21. The summed E-state index contributed by atoms with van der Waals surface area (Å²) >= 11 is 0. The first kappa shape index (κ1) is 17.2. The molecule has 0 aliphatic carbocycles. The molecule has 0 aliphatic rings. The fourth-order valence-electron chi connectivity index (χ4n) is 2.68. The molecule has 0 amide bonds. The predicted molar refractivity (Wildman–Crippen MR) is 87.8 cm³/mol. The van der Waals surface area contributed by atoms with E-state index in [9.17, 15) is 0 Å². The fourth-order valence-corrected chi connectivity index (χ4v) is 2.68. The lowest BCUT2D eigenvalue weighted by Gasteiger charge is -2.18. The lowest BCUT2D eigenvalue weighted by molar-refractivity contribution is 0.139. The third-order valence-corrected chi connectivity index (χ3v) is 4.50. The number of rotatable bonds is 8. The normalized spacial score (nSPS) is 11.1. The first-order valence-corrected chi connectivity index (χ1v) is 7.85. The van der Waals surface area contributed by atoms with Crippen LogP contribution in [0.3, 0.4) is 0 Å². The molecule has 0 atom stereocenters. The van der Waals surface area contributed by atoms with Crippen LogP contribution in [-0.4, -0.2) is 26.3 Å². The number of benzene rings is 1. The van der Waals surface area contributed by atoms with Crippen LogP contribution >= 0.6 is 0 Å². The summed E-state index contributed by atoms with van der Waals surface area (Å²) in [6.07, 6.45) is 2.20. The standard InChI is InChI=1S/C18H31NO/c1-7-9-19-10-12-20-11-8-18-16(5)14(3)13(2)15(4)17(18)6/h19H,7-12H2,1-6H3. The van der Waals surface area contributed by atoms with Gasteiger partial charge in [-0.1, -0.05) is 6.92 Å². The summed E-state index contributed by atoms with van der Waals surface area (Å²) in [4.78, 5) is 0. The molecular formula is C18H31NO. The van der Waals surface area contributed by atoms with Crippen molar-refractivity contribution in [3.63, 3.8) is 0 Å². The highest BCUT2D eigenvalue weighted by Gasteiger charge is 2.11. The molecule has 0 fully saturated rings. The minimum Gasteiger partial charge on any atom is -0.380 e. The summed E-state index contributed by atoms with van der Waals surface area (Å²) < 4.78 is 5.74. The van der Waals surface area contributed by atoms with Gasteiger partial charge in [0.1, 0.15) is 0 Å². The number of ether oxygens (including phenoxy) is 1. The maximum atomic E-state index is 5.74. The van der Waals surface area contributed by atoms with Gasteiger partial charge in [-0.25, -0.2) is 0 Å². The summed E-state index contributed by atoms with van der Waals surface area (Å²) in [5.74, 6) is 0. The summed E-state index contributed by atoms with van der Waals surface area (Å²) in [6, 6.07) is 0. The van der Waals surface area contributed by atoms with Crippen molar-refractivity contribution in [1.82, 2.24) is 5.32 Å². The van der Waals surface area contributed by atoms with Gasteiger partial charge in [0, 0.05) is 6.54 Å². The van der Waals surface area contributed by atoms with Gasteiger partial charge in [0.2, 0.25) is 0 Å². The van der Waals surface area contributed by atoms with Crippen LogP contribution in [0.2, 0.25) is 0 Å². The van der Waals surface area contributed by atoms with Gasteiger partial charge < -0.3 is 10.1 Å². The van der Waals surface area contributed by atoms with Crippen LogP contribution in [0, 0.1) is 34.6 Å². The fraction of sp³-hybridized carbons (Fsp3) is 0.667. The molecule has 20 heavy (non-hydrogen) atoms. The molecule has 2 heteroatoms. The van der Waals surface area contributed by atoms with E-state index in [0.717, 1.165) is 32.7 Å². The average molecular weight is 277 g/mol. The van der Waals surface area contributed by atoms with Crippen LogP contribution in [-0.2, 0) is 11.2 Å². The van der Waals surface area contributed by atoms with Gasteiger partial charge in [-0.3, -0.25) is 0 Å². The SMILES string of the molecule is CCCNCCOCCc1c(C)c(C)c(C)c(C)c1C. The van der Waals surface area contributed by atoms with Gasteiger partial charge in [0.25, 0.3) is 0 Å². The van der Waals surface area contributed by atoms with Gasteiger partial charge in [0.05, 0.1) is 13.2 Å². The molecule has 0 spiro atoms. The van der Waals surface area contributed by atoms with Crippen molar-refractivity contribution < 1.29 is 4.74 Å². The van der Waals surface area contributed by atoms with Crippen molar-refractivity contribution in [3.05, 3.63) is 33.4 Å². The van der Waals surface area contributed by atoms with E-state index < -0.39 is 0 Å². The van der Waals surface area contributed by atoms with E-state index in [2.05, 4.69) is 46.9 Å². The first-order valence-electron chi connectivity index (χ1n) is 7.85.